The number of thioether (sulfide) groups is 1. The van der Waals surface area contributed by atoms with Gasteiger partial charge in [-0.15, -0.1) is 11.8 Å². The van der Waals surface area contributed by atoms with Gasteiger partial charge in [0.25, 0.3) is 0 Å². The van der Waals surface area contributed by atoms with Gasteiger partial charge in [0.05, 0.1) is 5.75 Å². The van der Waals surface area contributed by atoms with Crippen LogP contribution in [0.3, 0.4) is 0 Å². The van der Waals surface area contributed by atoms with Gasteiger partial charge in [-0.25, -0.2) is 9.97 Å². The SMILES string of the molecule is Clc1cccc(SCc2ncc(CNC3CC3)cn2)c1. The molecule has 0 radical (unpaired) electrons. The van der Waals surface area contributed by atoms with Crippen molar-refractivity contribution in [3.05, 3.63) is 53.1 Å². The number of nitrogens with zero attached hydrogens (tertiary/aromatic N) is 2. The van der Waals surface area contributed by atoms with Crippen molar-refractivity contribution in [2.45, 2.75) is 36.1 Å². The van der Waals surface area contributed by atoms with Gasteiger partial charge in [0, 0.05) is 40.5 Å². The van der Waals surface area contributed by atoms with Gasteiger partial charge in [-0.1, -0.05) is 17.7 Å². The minimum absolute atomic E-state index is 0.716. The van der Waals surface area contributed by atoms with Crippen LogP contribution in [0.15, 0.2) is 41.6 Å². The monoisotopic (exact) mass is 305 g/mol. The lowest BCUT2D eigenvalue weighted by Gasteiger charge is -2.04. The first-order valence-electron chi connectivity index (χ1n) is 6.71. The average molecular weight is 306 g/mol. The fourth-order valence-electron chi connectivity index (χ4n) is 1.80. The molecule has 0 unspecified atom stereocenters. The summed E-state index contributed by atoms with van der Waals surface area (Å²) in [6.07, 6.45) is 6.43. The molecule has 1 fully saturated rings. The van der Waals surface area contributed by atoms with E-state index >= 15 is 0 Å². The molecule has 1 aromatic carbocycles. The lowest BCUT2D eigenvalue weighted by molar-refractivity contribution is 0.682. The average Bonchev–Trinajstić information content (AvgIpc) is 3.28. The van der Waals surface area contributed by atoms with E-state index in [2.05, 4.69) is 15.3 Å². The molecule has 3 nitrogen and oxygen atoms in total. The number of hydrogen-bond donors (Lipinski definition) is 1. The summed E-state index contributed by atoms with van der Waals surface area (Å²) in [6.45, 7) is 0.867. The van der Waals surface area contributed by atoms with Gasteiger partial charge in [-0.05, 0) is 31.0 Å². The van der Waals surface area contributed by atoms with Crippen LogP contribution in [-0.2, 0) is 12.3 Å². The molecule has 0 aliphatic heterocycles. The van der Waals surface area contributed by atoms with Gasteiger partial charge >= 0.3 is 0 Å². The number of halogens is 1. The highest BCUT2D eigenvalue weighted by atomic mass is 35.5. The van der Waals surface area contributed by atoms with E-state index in [1.807, 2.05) is 36.7 Å². The van der Waals surface area contributed by atoms with Crippen LogP contribution in [0.2, 0.25) is 5.02 Å². The Bertz CT molecular complexity index is 570. The Morgan fingerprint density at radius 1 is 1.25 bits per heavy atom. The van der Waals surface area contributed by atoms with Crippen LogP contribution < -0.4 is 5.32 Å². The Kier molecular flexibility index (Phi) is 4.55. The van der Waals surface area contributed by atoms with E-state index in [-0.39, 0.29) is 0 Å². The van der Waals surface area contributed by atoms with Crippen LogP contribution in [0.25, 0.3) is 0 Å². The maximum Gasteiger partial charge on any atom is 0.138 e. The molecular formula is C15H16ClN3S. The lowest BCUT2D eigenvalue weighted by atomic mass is 10.3. The fraction of sp³-hybridized carbons (Fsp3) is 0.333. The minimum Gasteiger partial charge on any atom is -0.310 e. The molecular weight excluding hydrogens is 290 g/mol. The van der Waals surface area contributed by atoms with Gasteiger partial charge in [0.1, 0.15) is 5.82 Å². The van der Waals surface area contributed by atoms with Crippen LogP contribution in [-0.4, -0.2) is 16.0 Å². The lowest BCUT2D eigenvalue weighted by Crippen LogP contribution is -2.15. The number of nitrogens with one attached hydrogen (secondary N) is 1. The Labute approximate surface area is 128 Å². The summed E-state index contributed by atoms with van der Waals surface area (Å²) < 4.78 is 0. The van der Waals surface area contributed by atoms with E-state index in [0.717, 1.165) is 33.6 Å². The van der Waals surface area contributed by atoms with Gasteiger partial charge < -0.3 is 5.32 Å². The second-order valence-corrected chi connectivity index (χ2v) is 6.39. The van der Waals surface area contributed by atoms with Gasteiger partial charge in [0.15, 0.2) is 0 Å². The molecule has 0 amide bonds. The van der Waals surface area contributed by atoms with Crippen molar-refractivity contribution in [1.82, 2.24) is 15.3 Å². The summed E-state index contributed by atoms with van der Waals surface area (Å²) in [5.74, 6) is 1.61. The van der Waals surface area contributed by atoms with E-state index in [0.29, 0.717) is 6.04 Å². The molecule has 2 aromatic rings. The Morgan fingerprint density at radius 2 is 2.05 bits per heavy atom. The largest absolute Gasteiger partial charge is 0.310 e. The summed E-state index contributed by atoms with van der Waals surface area (Å²) in [4.78, 5) is 9.96. The topological polar surface area (TPSA) is 37.8 Å². The third-order valence-corrected chi connectivity index (χ3v) is 4.32. The first-order valence-corrected chi connectivity index (χ1v) is 8.07. The van der Waals surface area contributed by atoms with Crippen molar-refractivity contribution in [2.24, 2.45) is 0 Å². The van der Waals surface area contributed by atoms with Crippen molar-refractivity contribution in [3.8, 4) is 0 Å². The molecule has 0 spiro atoms. The van der Waals surface area contributed by atoms with E-state index in [9.17, 15) is 0 Å². The Balaban J connectivity index is 1.52. The molecule has 1 saturated carbocycles. The van der Waals surface area contributed by atoms with Crippen LogP contribution in [0.5, 0.6) is 0 Å². The molecule has 104 valence electrons. The Hall–Kier alpha value is -1.10. The molecule has 3 rings (SSSR count). The van der Waals surface area contributed by atoms with E-state index in [1.54, 1.807) is 11.8 Å². The maximum atomic E-state index is 5.96. The standard InChI is InChI=1S/C15H16ClN3S/c16-12-2-1-3-14(6-12)20-10-15-18-8-11(9-19-15)7-17-13-4-5-13/h1-3,6,8-9,13,17H,4-5,7,10H2. The number of aromatic nitrogens is 2. The highest BCUT2D eigenvalue weighted by Crippen LogP contribution is 2.24. The zero-order valence-electron chi connectivity index (χ0n) is 11.1. The van der Waals surface area contributed by atoms with Gasteiger partial charge in [-0.2, -0.15) is 0 Å². The molecule has 1 aliphatic carbocycles. The third kappa shape index (κ3) is 4.20. The quantitative estimate of drug-likeness (QED) is 0.826. The van der Waals surface area contributed by atoms with Crippen molar-refractivity contribution in [2.75, 3.05) is 0 Å². The predicted octanol–water partition coefficient (Wildman–Crippen LogP) is 3.67. The number of hydrogen-bond acceptors (Lipinski definition) is 4. The highest BCUT2D eigenvalue weighted by molar-refractivity contribution is 7.98. The third-order valence-electron chi connectivity index (χ3n) is 3.10. The maximum absolute atomic E-state index is 5.96. The molecule has 1 heterocycles. The van der Waals surface area contributed by atoms with E-state index < -0.39 is 0 Å². The smallest absolute Gasteiger partial charge is 0.138 e. The summed E-state index contributed by atoms with van der Waals surface area (Å²) in [5.41, 5.74) is 1.15. The van der Waals surface area contributed by atoms with Crippen molar-refractivity contribution in [1.29, 1.82) is 0 Å². The summed E-state index contributed by atoms with van der Waals surface area (Å²) in [7, 11) is 0. The molecule has 1 aliphatic rings. The zero-order valence-corrected chi connectivity index (χ0v) is 12.6. The number of rotatable bonds is 6. The molecule has 0 atom stereocenters. The Morgan fingerprint density at radius 3 is 2.75 bits per heavy atom. The first-order chi connectivity index (χ1) is 9.79. The normalized spacial score (nSPS) is 14.4. The molecule has 5 heteroatoms. The van der Waals surface area contributed by atoms with Crippen molar-refractivity contribution < 1.29 is 0 Å². The van der Waals surface area contributed by atoms with E-state index in [4.69, 9.17) is 11.6 Å². The molecule has 20 heavy (non-hydrogen) atoms. The first kappa shape index (κ1) is 13.9. The van der Waals surface area contributed by atoms with Crippen LogP contribution >= 0.6 is 23.4 Å². The summed E-state index contributed by atoms with van der Waals surface area (Å²) in [5, 5.41) is 4.22. The van der Waals surface area contributed by atoms with E-state index in [1.165, 1.54) is 12.8 Å². The van der Waals surface area contributed by atoms with Crippen LogP contribution in [0.1, 0.15) is 24.2 Å². The minimum atomic E-state index is 0.716. The molecule has 0 saturated heterocycles. The molecule has 0 bridgehead atoms. The molecule has 1 aromatic heterocycles. The number of benzene rings is 1. The highest BCUT2D eigenvalue weighted by Gasteiger charge is 2.19. The van der Waals surface area contributed by atoms with Gasteiger partial charge in [-0.3, -0.25) is 0 Å². The van der Waals surface area contributed by atoms with Crippen LogP contribution in [0.4, 0.5) is 0 Å². The summed E-state index contributed by atoms with van der Waals surface area (Å²) in [6, 6.07) is 8.56. The van der Waals surface area contributed by atoms with Gasteiger partial charge in [0.2, 0.25) is 0 Å². The second kappa shape index (κ2) is 6.57. The van der Waals surface area contributed by atoms with Crippen molar-refractivity contribution in [3.63, 3.8) is 0 Å². The predicted molar refractivity (Wildman–Crippen MR) is 82.9 cm³/mol. The van der Waals surface area contributed by atoms with Crippen molar-refractivity contribution >= 4 is 23.4 Å². The summed E-state index contributed by atoms with van der Waals surface area (Å²) >= 11 is 7.66. The van der Waals surface area contributed by atoms with Crippen LogP contribution in [0, 0.1) is 0 Å². The fourth-order valence-corrected chi connectivity index (χ4v) is 2.89. The second-order valence-electron chi connectivity index (χ2n) is 4.91. The zero-order chi connectivity index (χ0) is 13.8. The molecule has 1 N–H and O–H groups in total.